The summed E-state index contributed by atoms with van der Waals surface area (Å²) in [6.45, 7) is 0. The zero-order valence-corrected chi connectivity index (χ0v) is 9.19. The number of rotatable bonds is 1. The predicted octanol–water partition coefficient (Wildman–Crippen LogP) is 2.21. The zero-order valence-electron chi connectivity index (χ0n) is 7.61. The van der Waals surface area contributed by atoms with E-state index >= 15 is 0 Å². The molecule has 1 rings (SSSR count). The van der Waals surface area contributed by atoms with Gasteiger partial charge in [-0.25, -0.2) is 4.79 Å². The number of carbonyl (C=O) groups is 1. The van der Waals surface area contributed by atoms with Crippen LogP contribution in [0.1, 0.15) is 0 Å². The Labute approximate surface area is 89.8 Å². The normalized spacial score (nSPS) is 9.93. The lowest BCUT2D eigenvalue weighted by atomic mass is 10.5. The number of hydrogen-bond acceptors (Lipinski definition) is 4. The maximum atomic E-state index is 11.2. The van der Waals surface area contributed by atoms with Crippen LogP contribution < -0.4 is 10.5 Å². The molecule has 0 N–H and O–H groups in total. The molecule has 1 aromatic heterocycles. The fourth-order valence-electron chi connectivity index (χ4n) is 0.826. The van der Waals surface area contributed by atoms with Crippen LogP contribution >= 0.6 is 23.4 Å². The van der Waals surface area contributed by atoms with E-state index in [1.54, 1.807) is 6.26 Å². The Balaban J connectivity index is 3.07. The van der Waals surface area contributed by atoms with Gasteiger partial charge < -0.3 is 4.42 Å². The number of anilines is 1. The number of thioether (sulfide) groups is 1. The summed E-state index contributed by atoms with van der Waals surface area (Å²) in [5.74, 6) is 0.141. The van der Waals surface area contributed by atoms with Crippen molar-refractivity contribution < 1.29 is 9.21 Å². The number of hydrogen-bond donors (Lipinski definition) is 0. The highest BCUT2D eigenvalue weighted by atomic mass is 35.5. The predicted molar refractivity (Wildman–Crippen MR) is 57.3 cm³/mol. The lowest BCUT2D eigenvalue weighted by Gasteiger charge is -2.12. The van der Waals surface area contributed by atoms with Crippen molar-refractivity contribution >= 4 is 34.5 Å². The van der Waals surface area contributed by atoms with E-state index in [-0.39, 0.29) is 16.1 Å². The maximum absolute atomic E-state index is 11.2. The summed E-state index contributed by atoms with van der Waals surface area (Å²) in [7, 11) is 1.51. The third kappa shape index (κ3) is 2.52. The van der Waals surface area contributed by atoms with E-state index < -0.39 is 5.63 Å². The van der Waals surface area contributed by atoms with Crippen molar-refractivity contribution in [2.24, 2.45) is 0 Å². The van der Waals surface area contributed by atoms with E-state index in [0.717, 1.165) is 17.8 Å². The van der Waals surface area contributed by atoms with Gasteiger partial charge in [-0.15, -0.1) is 0 Å². The third-order valence-corrected chi connectivity index (χ3v) is 2.34. The minimum atomic E-state index is -0.576. The van der Waals surface area contributed by atoms with Gasteiger partial charge in [0.2, 0.25) is 5.88 Å². The molecule has 76 valence electrons. The van der Waals surface area contributed by atoms with Crippen LogP contribution in [0.3, 0.4) is 0 Å². The molecule has 0 aromatic carbocycles. The van der Waals surface area contributed by atoms with Gasteiger partial charge in [0, 0.05) is 19.2 Å². The van der Waals surface area contributed by atoms with E-state index in [0.29, 0.717) is 0 Å². The standard InChI is InChI=1S/C8H8ClNO3S/c1-10(8(12)14-2)6-3-5(9)4-7(11)13-6/h3-4H,1-2H3. The van der Waals surface area contributed by atoms with Crippen molar-refractivity contribution in [2.45, 2.75) is 0 Å². The van der Waals surface area contributed by atoms with Gasteiger partial charge in [-0.05, 0) is 6.26 Å². The Kier molecular flexibility index (Phi) is 3.60. The smallest absolute Gasteiger partial charge is 0.338 e. The van der Waals surface area contributed by atoms with Gasteiger partial charge in [-0.3, -0.25) is 9.69 Å². The Morgan fingerprint density at radius 3 is 2.71 bits per heavy atom. The minimum Gasteiger partial charge on any atom is -0.406 e. The molecule has 0 saturated heterocycles. The van der Waals surface area contributed by atoms with Gasteiger partial charge >= 0.3 is 5.63 Å². The second kappa shape index (κ2) is 4.52. The van der Waals surface area contributed by atoms with Crippen molar-refractivity contribution in [1.82, 2.24) is 0 Å². The summed E-state index contributed by atoms with van der Waals surface area (Å²) in [6.07, 6.45) is 1.64. The Bertz CT molecular complexity index is 404. The SMILES string of the molecule is CSC(=O)N(C)c1cc(Cl)cc(=O)o1. The lowest BCUT2D eigenvalue weighted by molar-refractivity contribution is 0.265. The van der Waals surface area contributed by atoms with Crippen molar-refractivity contribution in [3.05, 3.63) is 27.6 Å². The molecule has 6 heteroatoms. The van der Waals surface area contributed by atoms with E-state index in [1.165, 1.54) is 18.0 Å². The molecule has 1 aromatic rings. The fraction of sp³-hybridized carbons (Fsp3) is 0.250. The van der Waals surface area contributed by atoms with E-state index in [2.05, 4.69) is 0 Å². The molecule has 14 heavy (non-hydrogen) atoms. The molecule has 0 aliphatic rings. The Morgan fingerprint density at radius 1 is 1.57 bits per heavy atom. The summed E-state index contributed by atoms with van der Waals surface area (Å²) < 4.78 is 4.79. The fourth-order valence-corrected chi connectivity index (χ4v) is 1.37. The van der Waals surface area contributed by atoms with Crippen LogP contribution in [-0.2, 0) is 0 Å². The molecule has 1 heterocycles. The van der Waals surface area contributed by atoms with Gasteiger partial charge in [0.25, 0.3) is 5.24 Å². The summed E-state index contributed by atoms with van der Waals surface area (Å²) >= 11 is 6.66. The molecular weight excluding hydrogens is 226 g/mol. The van der Waals surface area contributed by atoms with Crippen LogP contribution in [0.15, 0.2) is 21.3 Å². The largest absolute Gasteiger partial charge is 0.406 e. The molecular formula is C8H8ClNO3S. The average Bonchev–Trinajstić information content (AvgIpc) is 2.14. The molecule has 0 radical (unpaired) electrons. The molecule has 0 bridgehead atoms. The number of amides is 1. The van der Waals surface area contributed by atoms with Crippen molar-refractivity contribution in [2.75, 3.05) is 18.2 Å². The lowest BCUT2D eigenvalue weighted by Crippen LogP contribution is -2.22. The molecule has 1 amide bonds. The second-order valence-corrected chi connectivity index (χ2v) is 3.66. The molecule has 0 saturated carbocycles. The summed E-state index contributed by atoms with van der Waals surface area (Å²) in [5.41, 5.74) is -0.576. The molecule has 0 fully saturated rings. The molecule has 0 aliphatic heterocycles. The first-order valence-corrected chi connectivity index (χ1v) is 5.27. The number of halogens is 1. The summed E-state index contributed by atoms with van der Waals surface area (Å²) in [4.78, 5) is 23.4. The minimum absolute atomic E-state index is 0.141. The molecule has 0 unspecified atom stereocenters. The molecule has 0 atom stereocenters. The highest BCUT2D eigenvalue weighted by Gasteiger charge is 2.12. The topological polar surface area (TPSA) is 50.5 Å². The van der Waals surface area contributed by atoms with Gasteiger partial charge in [0.1, 0.15) is 0 Å². The average molecular weight is 234 g/mol. The van der Waals surface area contributed by atoms with Crippen LogP contribution in [0.4, 0.5) is 10.7 Å². The zero-order chi connectivity index (χ0) is 10.7. The quantitative estimate of drug-likeness (QED) is 0.746. The van der Waals surface area contributed by atoms with Crippen molar-refractivity contribution in [1.29, 1.82) is 0 Å². The highest BCUT2D eigenvalue weighted by Crippen LogP contribution is 2.18. The number of carbonyl (C=O) groups excluding carboxylic acids is 1. The van der Waals surface area contributed by atoms with Crippen LogP contribution in [0, 0.1) is 0 Å². The van der Waals surface area contributed by atoms with E-state index in [9.17, 15) is 9.59 Å². The van der Waals surface area contributed by atoms with Gasteiger partial charge in [-0.1, -0.05) is 23.4 Å². The third-order valence-electron chi connectivity index (χ3n) is 1.50. The van der Waals surface area contributed by atoms with Crippen LogP contribution in [0.5, 0.6) is 0 Å². The number of nitrogens with zero attached hydrogens (tertiary/aromatic N) is 1. The Morgan fingerprint density at radius 2 is 2.21 bits per heavy atom. The highest BCUT2D eigenvalue weighted by molar-refractivity contribution is 8.13. The molecule has 0 spiro atoms. The van der Waals surface area contributed by atoms with Crippen molar-refractivity contribution in [3.63, 3.8) is 0 Å². The van der Waals surface area contributed by atoms with Crippen LogP contribution in [0.25, 0.3) is 0 Å². The van der Waals surface area contributed by atoms with Gasteiger partial charge in [0.15, 0.2) is 0 Å². The first-order valence-electron chi connectivity index (χ1n) is 3.67. The van der Waals surface area contributed by atoms with Gasteiger partial charge in [-0.2, -0.15) is 0 Å². The van der Waals surface area contributed by atoms with Crippen LogP contribution in [-0.4, -0.2) is 18.5 Å². The van der Waals surface area contributed by atoms with Gasteiger partial charge in [0.05, 0.1) is 5.02 Å². The van der Waals surface area contributed by atoms with E-state index in [1.807, 2.05) is 0 Å². The first-order chi connectivity index (χ1) is 6.54. The Hall–Kier alpha value is -0.940. The summed E-state index contributed by atoms with van der Waals surface area (Å²) in [6, 6.07) is 2.56. The first kappa shape index (κ1) is 11.1. The molecule has 0 aliphatic carbocycles. The molecule has 4 nitrogen and oxygen atoms in total. The maximum Gasteiger partial charge on any atom is 0.338 e. The van der Waals surface area contributed by atoms with E-state index in [4.69, 9.17) is 16.0 Å². The van der Waals surface area contributed by atoms with Crippen LogP contribution in [0.2, 0.25) is 5.02 Å². The monoisotopic (exact) mass is 233 g/mol. The second-order valence-electron chi connectivity index (χ2n) is 2.46. The summed E-state index contributed by atoms with van der Waals surface area (Å²) in [5, 5.41) is 0.0208. The van der Waals surface area contributed by atoms with Crippen molar-refractivity contribution in [3.8, 4) is 0 Å².